The number of rotatable bonds is 1. The van der Waals surface area contributed by atoms with Crippen molar-refractivity contribution >= 4 is 11.3 Å². The molecule has 78 valence electrons. The molecule has 0 amide bonds. The van der Waals surface area contributed by atoms with Crippen molar-refractivity contribution in [2.75, 3.05) is 6.54 Å². The van der Waals surface area contributed by atoms with Crippen molar-refractivity contribution in [1.82, 2.24) is 10.3 Å². The van der Waals surface area contributed by atoms with Crippen LogP contribution in [0.4, 0.5) is 0 Å². The van der Waals surface area contributed by atoms with Gasteiger partial charge in [-0.05, 0) is 18.3 Å². The number of aryl methyl sites for hydroxylation is 1. The van der Waals surface area contributed by atoms with E-state index in [1.807, 2.05) is 0 Å². The Kier molecular flexibility index (Phi) is 2.40. The number of thiazole rings is 1. The third-order valence-electron chi connectivity index (χ3n) is 2.98. The van der Waals surface area contributed by atoms with Gasteiger partial charge in [0.1, 0.15) is 5.01 Å². The predicted molar refractivity (Wildman–Crippen MR) is 60.5 cm³/mol. The molecule has 2 heterocycles. The second kappa shape index (κ2) is 3.31. The minimum Gasteiger partial charge on any atom is -0.307 e. The predicted octanol–water partition coefficient (Wildman–Crippen LogP) is 2.76. The van der Waals surface area contributed by atoms with Gasteiger partial charge < -0.3 is 5.32 Å². The van der Waals surface area contributed by atoms with Gasteiger partial charge in [-0.2, -0.15) is 0 Å². The van der Waals surface area contributed by atoms with E-state index in [4.69, 9.17) is 0 Å². The van der Waals surface area contributed by atoms with Crippen molar-refractivity contribution in [3.8, 4) is 0 Å². The Bertz CT molecular complexity index is 324. The van der Waals surface area contributed by atoms with Gasteiger partial charge >= 0.3 is 0 Å². The van der Waals surface area contributed by atoms with Crippen LogP contribution in [0.15, 0.2) is 5.38 Å². The Labute approximate surface area is 89.8 Å². The lowest BCUT2D eigenvalue weighted by molar-refractivity contribution is 0.0986. The average Bonchev–Trinajstić information content (AvgIpc) is 2.29. The molecule has 2 rings (SSSR count). The van der Waals surface area contributed by atoms with E-state index >= 15 is 0 Å². The molecule has 1 aromatic rings. The Balaban J connectivity index is 2.14. The van der Waals surface area contributed by atoms with Gasteiger partial charge in [0.05, 0.1) is 6.04 Å². The van der Waals surface area contributed by atoms with Gasteiger partial charge in [0, 0.05) is 17.6 Å². The summed E-state index contributed by atoms with van der Waals surface area (Å²) in [6.45, 7) is 10.1. The van der Waals surface area contributed by atoms with E-state index in [-0.39, 0.29) is 0 Å². The van der Waals surface area contributed by atoms with Crippen LogP contribution >= 0.6 is 11.3 Å². The maximum absolute atomic E-state index is 4.55. The second-order valence-electron chi connectivity index (χ2n) is 5.19. The van der Waals surface area contributed by atoms with Gasteiger partial charge in [-0.3, -0.25) is 0 Å². The van der Waals surface area contributed by atoms with E-state index in [0.29, 0.717) is 11.5 Å². The van der Waals surface area contributed by atoms with Crippen LogP contribution in [0.5, 0.6) is 0 Å². The van der Waals surface area contributed by atoms with E-state index in [1.54, 1.807) is 11.3 Å². The second-order valence-corrected chi connectivity index (χ2v) is 6.08. The van der Waals surface area contributed by atoms with Crippen molar-refractivity contribution in [2.24, 2.45) is 11.3 Å². The maximum atomic E-state index is 4.55. The summed E-state index contributed by atoms with van der Waals surface area (Å²) in [5.74, 6) is 0.730. The lowest BCUT2D eigenvalue weighted by Gasteiger charge is -2.45. The monoisotopic (exact) mass is 210 g/mol. The number of hydrogen-bond acceptors (Lipinski definition) is 3. The minimum atomic E-state index is 0.384. The molecule has 0 saturated carbocycles. The van der Waals surface area contributed by atoms with E-state index < -0.39 is 0 Å². The van der Waals surface area contributed by atoms with Crippen LogP contribution in [0.2, 0.25) is 0 Å². The zero-order chi connectivity index (χ0) is 10.3. The molecule has 3 heteroatoms. The number of hydrogen-bond donors (Lipinski definition) is 1. The third-order valence-corrected chi connectivity index (χ3v) is 4.02. The van der Waals surface area contributed by atoms with E-state index in [2.05, 4.69) is 43.4 Å². The Hall–Kier alpha value is -0.410. The summed E-state index contributed by atoms with van der Waals surface area (Å²) < 4.78 is 0. The van der Waals surface area contributed by atoms with Crippen LogP contribution in [0.25, 0.3) is 0 Å². The molecule has 0 spiro atoms. The van der Waals surface area contributed by atoms with Gasteiger partial charge in [0.2, 0.25) is 0 Å². The van der Waals surface area contributed by atoms with Gasteiger partial charge in [0.15, 0.2) is 0 Å². The average molecular weight is 210 g/mol. The SMILES string of the molecule is Cc1csc(C2NCC2C(C)(C)C)n1. The first-order valence-corrected chi connectivity index (χ1v) is 6.02. The van der Waals surface area contributed by atoms with Crippen LogP contribution in [0, 0.1) is 18.3 Å². The molecule has 0 bridgehead atoms. The van der Waals surface area contributed by atoms with E-state index in [9.17, 15) is 0 Å². The zero-order valence-corrected chi connectivity index (χ0v) is 10.1. The van der Waals surface area contributed by atoms with Crippen molar-refractivity contribution in [3.63, 3.8) is 0 Å². The summed E-state index contributed by atoms with van der Waals surface area (Å²) in [5.41, 5.74) is 1.53. The van der Waals surface area contributed by atoms with Crippen molar-refractivity contribution < 1.29 is 0 Å². The molecule has 2 nitrogen and oxygen atoms in total. The van der Waals surface area contributed by atoms with Gasteiger partial charge in [0.25, 0.3) is 0 Å². The van der Waals surface area contributed by atoms with Crippen LogP contribution in [-0.2, 0) is 0 Å². The first-order valence-electron chi connectivity index (χ1n) is 5.14. The number of aromatic nitrogens is 1. The molecule has 0 aromatic carbocycles. The van der Waals surface area contributed by atoms with Crippen LogP contribution < -0.4 is 5.32 Å². The standard InChI is InChI=1S/C11H18N2S/c1-7-6-14-10(13-7)9-8(5-12-9)11(2,3)4/h6,8-9,12H,5H2,1-4H3. The number of nitrogens with one attached hydrogen (secondary N) is 1. The van der Waals surface area contributed by atoms with Gasteiger partial charge in [-0.25, -0.2) is 4.98 Å². The molecule has 1 aliphatic heterocycles. The lowest BCUT2D eigenvalue weighted by atomic mass is 9.72. The largest absolute Gasteiger partial charge is 0.307 e. The van der Waals surface area contributed by atoms with E-state index in [1.165, 1.54) is 5.01 Å². The van der Waals surface area contributed by atoms with Crippen molar-refractivity contribution in [3.05, 3.63) is 16.1 Å². The highest BCUT2D eigenvalue weighted by Crippen LogP contribution is 2.42. The molecule has 0 aliphatic carbocycles. The van der Waals surface area contributed by atoms with Crippen LogP contribution in [0.1, 0.15) is 37.5 Å². The molecule has 2 atom stereocenters. The summed E-state index contributed by atoms with van der Waals surface area (Å²) in [6, 6.07) is 0.494. The molecular formula is C11H18N2S. The minimum absolute atomic E-state index is 0.384. The van der Waals surface area contributed by atoms with Crippen molar-refractivity contribution in [2.45, 2.75) is 33.7 Å². The van der Waals surface area contributed by atoms with Gasteiger partial charge in [-0.1, -0.05) is 20.8 Å². The fraction of sp³-hybridized carbons (Fsp3) is 0.727. The first kappa shape index (κ1) is 10.1. The summed E-state index contributed by atoms with van der Waals surface area (Å²) in [5, 5.41) is 6.87. The molecular weight excluding hydrogens is 192 g/mol. The molecule has 1 N–H and O–H groups in total. The van der Waals surface area contributed by atoms with Crippen LogP contribution in [-0.4, -0.2) is 11.5 Å². The summed E-state index contributed by atoms with van der Waals surface area (Å²) in [7, 11) is 0. The number of nitrogens with zero attached hydrogens (tertiary/aromatic N) is 1. The summed E-state index contributed by atoms with van der Waals surface area (Å²) in [6.07, 6.45) is 0. The molecule has 1 aromatic heterocycles. The fourth-order valence-corrected chi connectivity index (χ4v) is 2.87. The quantitative estimate of drug-likeness (QED) is 0.771. The molecule has 1 aliphatic rings. The topological polar surface area (TPSA) is 24.9 Å². The zero-order valence-electron chi connectivity index (χ0n) is 9.29. The molecule has 0 radical (unpaired) electrons. The molecule has 1 fully saturated rings. The highest BCUT2D eigenvalue weighted by Gasteiger charge is 2.41. The van der Waals surface area contributed by atoms with E-state index in [0.717, 1.165) is 18.2 Å². The maximum Gasteiger partial charge on any atom is 0.110 e. The Morgan fingerprint density at radius 2 is 2.21 bits per heavy atom. The lowest BCUT2D eigenvalue weighted by Crippen LogP contribution is -2.51. The molecule has 1 saturated heterocycles. The van der Waals surface area contributed by atoms with Crippen molar-refractivity contribution in [1.29, 1.82) is 0 Å². The smallest absolute Gasteiger partial charge is 0.110 e. The summed E-state index contributed by atoms with van der Waals surface area (Å²) in [4.78, 5) is 4.55. The Morgan fingerprint density at radius 3 is 2.57 bits per heavy atom. The first-order chi connectivity index (χ1) is 6.48. The Morgan fingerprint density at radius 1 is 1.50 bits per heavy atom. The highest BCUT2D eigenvalue weighted by molar-refractivity contribution is 7.09. The van der Waals surface area contributed by atoms with Gasteiger partial charge in [-0.15, -0.1) is 11.3 Å². The van der Waals surface area contributed by atoms with Crippen LogP contribution in [0.3, 0.4) is 0 Å². The molecule has 2 unspecified atom stereocenters. The normalized spacial score (nSPS) is 27.4. The highest BCUT2D eigenvalue weighted by atomic mass is 32.1. The molecule has 14 heavy (non-hydrogen) atoms. The third kappa shape index (κ3) is 1.71. The fourth-order valence-electron chi connectivity index (χ4n) is 1.93. The summed E-state index contributed by atoms with van der Waals surface area (Å²) >= 11 is 1.78.